The minimum Gasteiger partial charge on any atom is -0.326 e. The van der Waals surface area contributed by atoms with Crippen LogP contribution in [0.15, 0.2) is 0 Å². The average Bonchev–Trinajstić information content (AvgIpc) is 2.63. The summed E-state index contributed by atoms with van der Waals surface area (Å²) in [6.45, 7) is 1.16. The van der Waals surface area contributed by atoms with E-state index >= 15 is 0 Å². The van der Waals surface area contributed by atoms with Crippen LogP contribution in [0.25, 0.3) is 0 Å². The van der Waals surface area contributed by atoms with Crippen LogP contribution < -0.4 is 11.1 Å². The highest BCUT2D eigenvalue weighted by Crippen LogP contribution is 2.34. The van der Waals surface area contributed by atoms with Crippen molar-refractivity contribution in [2.45, 2.75) is 24.9 Å². The van der Waals surface area contributed by atoms with Crippen LogP contribution in [0.1, 0.15) is 12.8 Å². The van der Waals surface area contributed by atoms with Crippen molar-refractivity contribution in [1.29, 1.82) is 0 Å². The van der Waals surface area contributed by atoms with Gasteiger partial charge >= 0.3 is 0 Å². The van der Waals surface area contributed by atoms with E-state index in [4.69, 9.17) is 5.73 Å². The van der Waals surface area contributed by atoms with Gasteiger partial charge < -0.3 is 11.1 Å². The van der Waals surface area contributed by atoms with Crippen molar-refractivity contribution in [3.63, 3.8) is 0 Å². The molecule has 0 radical (unpaired) electrons. The summed E-state index contributed by atoms with van der Waals surface area (Å²) in [5.74, 6) is 0.870. The Kier molecular flexibility index (Phi) is 0.866. The van der Waals surface area contributed by atoms with Crippen molar-refractivity contribution in [2.75, 3.05) is 6.54 Å². The molecule has 0 bridgehead atoms. The quantitative estimate of drug-likeness (QED) is 0.482. The van der Waals surface area contributed by atoms with Gasteiger partial charge in [-0.2, -0.15) is 0 Å². The van der Waals surface area contributed by atoms with Gasteiger partial charge in [-0.3, -0.25) is 0 Å². The average molecular weight is 112 g/mol. The van der Waals surface area contributed by atoms with E-state index < -0.39 is 0 Å². The molecular weight excluding hydrogens is 100 g/mol. The maximum absolute atomic E-state index is 5.82. The lowest BCUT2D eigenvalue weighted by Crippen LogP contribution is -2.30. The van der Waals surface area contributed by atoms with E-state index in [9.17, 15) is 0 Å². The van der Waals surface area contributed by atoms with Gasteiger partial charge in [-0.1, -0.05) is 0 Å². The third kappa shape index (κ3) is 0.740. The lowest BCUT2D eigenvalue weighted by Gasteiger charge is -2.03. The second kappa shape index (κ2) is 1.45. The first kappa shape index (κ1) is 4.77. The Morgan fingerprint density at radius 2 is 2.12 bits per heavy atom. The molecule has 2 atom stereocenters. The predicted octanol–water partition coefficient (Wildman–Crippen LogP) is -0.305. The molecule has 1 saturated heterocycles. The SMILES string of the molecule is NC(C1CC1)C1CN1. The largest absolute Gasteiger partial charge is 0.326 e. The Morgan fingerprint density at radius 1 is 1.50 bits per heavy atom. The molecule has 0 aromatic carbocycles. The Balaban J connectivity index is 1.84. The van der Waals surface area contributed by atoms with Crippen LogP contribution in [-0.4, -0.2) is 18.6 Å². The smallest absolute Gasteiger partial charge is 0.0347 e. The van der Waals surface area contributed by atoms with Gasteiger partial charge in [-0.25, -0.2) is 0 Å². The Labute approximate surface area is 49.4 Å². The minimum absolute atomic E-state index is 0.481. The highest BCUT2D eigenvalue weighted by atomic mass is 15.1. The molecule has 1 aliphatic carbocycles. The monoisotopic (exact) mass is 112 g/mol. The lowest BCUT2D eigenvalue weighted by atomic mass is 10.1. The van der Waals surface area contributed by atoms with E-state index in [-0.39, 0.29) is 0 Å². The molecule has 2 aliphatic rings. The molecular formula is C6H12N2. The van der Waals surface area contributed by atoms with Crippen molar-refractivity contribution in [3.8, 4) is 0 Å². The van der Waals surface area contributed by atoms with Crippen molar-refractivity contribution < 1.29 is 0 Å². The summed E-state index contributed by atoms with van der Waals surface area (Å²) in [5.41, 5.74) is 5.82. The van der Waals surface area contributed by atoms with E-state index in [0.29, 0.717) is 12.1 Å². The molecule has 8 heavy (non-hydrogen) atoms. The molecule has 0 spiro atoms. The molecule has 0 aromatic heterocycles. The van der Waals surface area contributed by atoms with Crippen molar-refractivity contribution >= 4 is 0 Å². The van der Waals surface area contributed by atoms with Gasteiger partial charge in [0, 0.05) is 18.6 Å². The van der Waals surface area contributed by atoms with Gasteiger partial charge in [0.1, 0.15) is 0 Å². The fourth-order valence-corrected chi connectivity index (χ4v) is 1.15. The van der Waals surface area contributed by atoms with Crippen LogP contribution >= 0.6 is 0 Å². The highest BCUT2D eigenvalue weighted by molar-refractivity contribution is 5.00. The fraction of sp³-hybridized carbons (Fsp3) is 1.00. The van der Waals surface area contributed by atoms with Gasteiger partial charge in [-0.15, -0.1) is 0 Å². The molecule has 2 nitrogen and oxygen atoms in total. The third-order valence-corrected chi connectivity index (χ3v) is 2.07. The van der Waals surface area contributed by atoms with Crippen LogP contribution in [0.3, 0.4) is 0 Å². The molecule has 2 unspecified atom stereocenters. The third-order valence-electron chi connectivity index (χ3n) is 2.07. The van der Waals surface area contributed by atoms with Gasteiger partial charge in [0.25, 0.3) is 0 Å². The zero-order valence-electron chi connectivity index (χ0n) is 4.93. The van der Waals surface area contributed by atoms with Crippen LogP contribution in [0.2, 0.25) is 0 Å². The van der Waals surface area contributed by atoms with Crippen molar-refractivity contribution in [3.05, 3.63) is 0 Å². The summed E-state index contributed by atoms with van der Waals surface area (Å²) in [4.78, 5) is 0. The summed E-state index contributed by atoms with van der Waals surface area (Å²) in [7, 11) is 0. The molecule has 1 saturated carbocycles. The standard InChI is InChI=1S/C6H12N2/c7-6(4-1-2-4)5-3-8-5/h4-6,8H,1-3,7H2. The van der Waals surface area contributed by atoms with Crippen molar-refractivity contribution in [1.82, 2.24) is 5.32 Å². The molecule has 0 aromatic rings. The highest BCUT2D eigenvalue weighted by Gasteiger charge is 2.38. The summed E-state index contributed by atoms with van der Waals surface area (Å²) in [6, 6.07) is 1.16. The second-order valence-corrected chi connectivity index (χ2v) is 2.93. The molecule has 1 aliphatic heterocycles. The molecule has 2 rings (SSSR count). The molecule has 0 amide bonds. The Hall–Kier alpha value is -0.0800. The number of hydrogen-bond donors (Lipinski definition) is 2. The predicted molar refractivity (Wildman–Crippen MR) is 32.5 cm³/mol. The summed E-state index contributed by atoms with van der Waals surface area (Å²) in [6.07, 6.45) is 2.75. The minimum atomic E-state index is 0.481. The Bertz CT molecular complexity index is 82.7. The molecule has 2 heteroatoms. The normalized spacial score (nSPS) is 39.4. The summed E-state index contributed by atoms with van der Waals surface area (Å²) >= 11 is 0. The molecule has 46 valence electrons. The van der Waals surface area contributed by atoms with E-state index in [1.807, 2.05) is 0 Å². The maximum atomic E-state index is 5.82. The van der Waals surface area contributed by atoms with Crippen molar-refractivity contribution in [2.24, 2.45) is 11.7 Å². The Morgan fingerprint density at radius 3 is 2.50 bits per heavy atom. The van der Waals surface area contributed by atoms with Gasteiger partial charge in [-0.05, 0) is 18.8 Å². The lowest BCUT2D eigenvalue weighted by molar-refractivity contribution is 0.582. The van der Waals surface area contributed by atoms with Crippen LogP contribution in [0.5, 0.6) is 0 Å². The van der Waals surface area contributed by atoms with Gasteiger partial charge in [0.2, 0.25) is 0 Å². The van der Waals surface area contributed by atoms with Crippen LogP contribution in [0, 0.1) is 5.92 Å². The first-order valence-electron chi connectivity index (χ1n) is 3.37. The second-order valence-electron chi connectivity index (χ2n) is 2.93. The van der Waals surface area contributed by atoms with Gasteiger partial charge in [0.15, 0.2) is 0 Å². The topological polar surface area (TPSA) is 48.0 Å². The van der Waals surface area contributed by atoms with Crippen LogP contribution in [0.4, 0.5) is 0 Å². The summed E-state index contributed by atoms with van der Waals surface area (Å²) < 4.78 is 0. The van der Waals surface area contributed by atoms with E-state index in [2.05, 4.69) is 5.32 Å². The first-order chi connectivity index (χ1) is 3.88. The number of nitrogens with two attached hydrogens (primary N) is 1. The maximum Gasteiger partial charge on any atom is 0.0347 e. The summed E-state index contributed by atoms with van der Waals surface area (Å²) in [5, 5.41) is 3.23. The van der Waals surface area contributed by atoms with Crippen LogP contribution in [-0.2, 0) is 0 Å². The first-order valence-corrected chi connectivity index (χ1v) is 3.37. The fourth-order valence-electron chi connectivity index (χ4n) is 1.15. The zero-order valence-corrected chi connectivity index (χ0v) is 4.93. The van der Waals surface area contributed by atoms with E-state index in [1.54, 1.807) is 0 Å². The van der Waals surface area contributed by atoms with E-state index in [1.165, 1.54) is 12.8 Å². The number of nitrogens with one attached hydrogen (secondary N) is 1. The molecule has 2 fully saturated rings. The molecule has 3 N–H and O–H groups in total. The van der Waals surface area contributed by atoms with E-state index in [0.717, 1.165) is 12.5 Å². The zero-order chi connectivity index (χ0) is 5.56. The molecule has 1 heterocycles. The number of rotatable bonds is 2. The number of hydrogen-bond acceptors (Lipinski definition) is 2. The van der Waals surface area contributed by atoms with Gasteiger partial charge in [0.05, 0.1) is 0 Å².